The van der Waals surface area contributed by atoms with Gasteiger partial charge < -0.3 is 24.7 Å². The number of nitrogens with one attached hydrogen (secondary N) is 2. The minimum absolute atomic E-state index is 0. The molecule has 1 aliphatic heterocycles. The predicted octanol–water partition coefficient (Wildman–Crippen LogP) is 3.53. The smallest absolute Gasteiger partial charge is 0.191 e. The van der Waals surface area contributed by atoms with Gasteiger partial charge in [0.2, 0.25) is 0 Å². The van der Waals surface area contributed by atoms with Crippen LogP contribution in [0.1, 0.15) is 23.4 Å². The number of hydrogen-bond donors (Lipinski definition) is 2. The third-order valence-corrected chi connectivity index (χ3v) is 5.37. The van der Waals surface area contributed by atoms with Crippen molar-refractivity contribution >= 4 is 41.0 Å². The highest BCUT2D eigenvalue weighted by Crippen LogP contribution is 2.23. The first kappa shape index (κ1) is 23.3. The van der Waals surface area contributed by atoms with Crippen molar-refractivity contribution < 1.29 is 9.47 Å². The fourth-order valence-corrected chi connectivity index (χ4v) is 3.62. The monoisotopic (exact) mass is 535 g/mol. The Kier molecular flexibility index (Phi) is 8.14. The zero-order chi connectivity index (χ0) is 20.9. The average Bonchev–Trinajstić information content (AvgIpc) is 3.37. The first-order chi connectivity index (χ1) is 14.6. The molecule has 2 aromatic carbocycles. The molecule has 0 spiro atoms. The van der Waals surface area contributed by atoms with Crippen molar-refractivity contribution in [3.63, 3.8) is 0 Å². The summed E-state index contributed by atoms with van der Waals surface area (Å²) in [7, 11) is 3.80. The number of aromatic nitrogens is 2. The number of hydrogen-bond acceptors (Lipinski definition) is 4. The van der Waals surface area contributed by atoms with E-state index in [1.807, 2.05) is 25.2 Å². The Morgan fingerprint density at radius 1 is 1.23 bits per heavy atom. The van der Waals surface area contributed by atoms with Crippen LogP contribution in [0.4, 0.5) is 0 Å². The molecule has 0 bridgehead atoms. The number of aryl methyl sites for hydroxylation is 2. The van der Waals surface area contributed by atoms with Crippen molar-refractivity contribution in [3.8, 4) is 5.75 Å². The molecule has 4 rings (SSSR count). The van der Waals surface area contributed by atoms with Gasteiger partial charge in [-0.25, -0.2) is 4.98 Å². The van der Waals surface area contributed by atoms with Gasteiger partial charge >= 0.3 is 0 Å². The topological polar surface area (TPSA) is 72.7 Å². The molecule has 166 valence electrons. The average molecular weight is 535 g/mol. The van der Waals surface area contributed by atoms with E-state index in [4.69, 9.17) is 14.5 Å². The number of nitrogens with zero attached hydrogens (tertiary/aromatic N) is 3. The first-order valence-electron chi connectivity index (χ1n) is 10.3. The minimum Gasteiger partial charge on any atom is -0.488 e. The van der Waals surface area contributed by atoms with E-state index in [-0.39, 0.29) is 30.1 Å². The van der Waals surface area contributed by atoms with E-state index >= 15 is 0 Å². The molecule has 1 saturated heterocycles. The SMILES string of the molecule is CN=C(NCc1ccc(C)cc1OC1CCOC1)NCc1nc2ccccc2n1C.I. The van der Waals surface area contributed by atoms with Crippen LogP contribution in [-0.2, 0) is 24.9 Å². The predicted molar refractivity (Wildman–Crippen MR) is 134 cm³/mol. The van der Waals surface area contributed by atoms with E-state index in [2.05, 4.69) is 51.4 Å². The van der Waals surface area contributed by atoms with Crippen LogP contribution in [-0.4, -0.2) is 41.9 Å². The molecule has 0 radical (unpaired) electrons. The van der Waals surface area contributed by atoms with E-state index in [0.29, 0.717) is 19.7 Å². The van der Waals surface area contributed by atoms with Gasteiger partial charge in [0.15, 0.2) is 5.96 Å². The Balaban J connectivity index is 0.00000272. The molecule has 2 heterocycles. The maximum absolute atomic E-state index is 6.19. The van der Waals surface area contributed by atoms with Crippen LogP contribution in [0.5, 0.6) is 5.75 Å². The van der Waals surface area contributed by atoms with Crippen LogP contribution in [0.25, 0.3) is 11.0 Å². The van der Waals surface area contributed by atoms with Crippen molar-refractivity contribution in [3.05, 3.63) is 59.4 Å². The van der Waals surface area contributed by atoms with Gasteiger partial charge in [0.1, 0.15) is 17.7 Å². The highest BCUT2D eigenvalue weighted by Gasteiger charge is 2.19. The summed E-state index contributed by atoms with van der Waals surface area (Å²) in [5.74, 6) is 2.58. The van der Waals surface area contributed by atoms with Crippen LogP contribution >= 0.6 is 24.0 Å². The lowest BCUT2D eigenvalue weighted by atomic mass is 10.1. The van der Waals surface area contributed by atoms with Crippen LogP contribution in [0.2, 0.25) is 0 Å². The Bertz CT molecular complexity index is 1040. The van der Waals surface area contributed by atoms with Gasteiger partial charge in [-0.3, -0.25) is 4.99 Å². The second-order valence-corrected chi connectivity index (χ2v) is 7.57. The third kappa shape index (κ3) is 5.68. The standard InChI is InChI=1S/C23H29N5O2.HI/c1-16-8-9-17(21(12-16)30-18-10-11-29-15-18)13-25-23(24-2)26-14-22-27-19-6-4-5-7-20(19)28(22)3;/h4-9,12,18H,10-11,13-15H2,1-3H3,(H2,24,25,26);1H. The third-order valence-electron chi connectivity index (χ3n) is 5.37. The summed E-state index contributed by atoms with van der Waals surface area (Å²) in [6.07, 6.45) is 1.06. The summed E-state index contributed by atoms with van der Waals surface area (Å²) in [5, 5.41) is 6.74. The quantitative estimate of drug-likeness (QED) is 0.287. The normalized spacial score (nSPS) is 16.2. The van der Waals surface area contributed by atoms with Gasteiger partial charge in [-0.05, 0) is 30.7 Å². The Labute approximate surface area is 200 Å². The summed E-state index contributed by atoms with van der Waals surface area (Å²) >= 11 is 0. The zero-order valence-electron chi connectivity index (χ0n) is 18.2. The van der Waals surface area contributed by atoms with Crippen molar-refractivity contribution in [1.29, 1.82) is 0 Å². The lowest BCUT2D eigenvalue weighted by Crippen LogP contribution is -2.37. The summed E-state index contributed by atoms with van der Waals surface area (Å²) < 4.78 is 13.7. The summed E-state index contributed by atoms with van der Waals surface area (Å²) in [6, 6.07) is 14.4. The van der Waals surface area contributed by atoms with Crippen LogP contribution in [0, 0.1) is 6.92 Å². The van der Waals surface area contributed by atoms with E-state index in [1.54, 1.807) is 7.05 Å². The summed E-state index contributed by atoms with van der Waals surface area (Å²) in [4.78, 5) is 9.05. The van der Waals surface area contributed by atoms with Crippen LogP contribution in [0.15, 0.2) is 47.5 Å². The van der Waals surface area contributed by atoms with Crippen molar-refractivity contribution in [2.75, 3.05) is 20.3 Å². The van der Waals surface area contributed by atoms with Crippen molar-refractivity contribution in [1.82, 2.24) is 20.2 Å². The fourth-order valence-electron chi connectivity index (χ4n) is 3.62. The Morgan fingerprint density at radius 2 is 2.03 bits per heavy atom. The molecule has 2 N–H and O–H groups in total. The molecule has 1 unspecified atom stereocenters. The molecule has 1 aromatic heterocycles. The zero-order valence-corrected chi connectivity index (χ0v) is 20.6. The Hall–Kier alpha value is -2.33. The highest BCUT2D eigenvalue weighted by molar-refractivity contribution is 14.0. The molecule has 1 fully saturated rings. The molecule has 0 amide bonds. The first-order valence-corrected chi connectivity index (χ1v) is 10.3. The van der Waals surface area contributed by atoms with E-state index < -0.39 is 0 Å². The number of para-hydroxylation sites is 2. The summed E-state index contributed by atoms with van der Waals surface area (Å²) in [5.41, 5.74) is 4.39. The van der Waals surface area contributed by atoms with Gasteiger partial charge in [-0.1, -0.05) is 24.3 Å². The van der Waals surface area contributed by atoms with E-state index in [1.165, 1.54) is 5.56 Å². The maximum atomic E-state index is 6.19. The number of aliphatic imine (C=N–C) groups is 1. The largest absolute Gasteiger partial charge is 0.488 e. The van der Waals surface area contributed by atoms with Crippen LogP contribution in [0.3, 0.4) is 0 Å². The molecular formula is C23H30IN5O2. The van der Waals surface area contributed by atoms with Crippen molar-refractivity contribution in [2.45, 2.75) is 32.5 Å². The number of halogens is 1. The number of benzene rings is 2. The lowest BCUT2D eigenvalue weighted by Gasteiger charge is -2.18. The number of ether oxygens (including phenoxy) is 2. The minimum atomic E-state index is 0. The van der Waals surface area contributed by atoms with Gasteiger partial charge in [0, 0.05) is 32.6 Å². The molecule has 8 heteroatoms. The molecular weight excluding hydrogens is 505 g/mol. The number of rotatable bonds is 6. The fraction of sp³-hybridized carbons (Fsp3) is 0.391. The Morgan fingerprint density at radius 3 is 2.77 bits per heavy atom. The molecule has 1 atom stereocenters. The highest BCUT2D eigenvalue weighted by atomic mass is 127. The van der Waals surface area contributed by atoms with Crippen molar-refractivity contribution in [2.24, 2.45) is 12.0 Å². The molecule has 3 aromatic rings. The van der Waals surface area contributed by atoms with Gasteiger partial charge in [0.05, 0.1) is 30.8 Å². The van der Waals surface area contributed by atoms with Gasteiger partial charge in [-0.15, -0.1) is 24.0 Å². The summed E-state index contributed by atoms with van der Waals surface area (Å²) in [6.45, 7) is 4.70. The second-order valence-electron chi connectivity index (χ2n) is 7.57. The van der Waals surface area contributed by atoms with Crippen LogP contribution < -0.4 is 15.4 Å². The molecule has 0 saturated carbocycles. The van der Waals surface area contributed by atoms with Gasteiger partial charge in [-0.2, -0.15) is 0 Å². The number of imidazole rings is 1. The van der Waals surface area contributed by atoms with Gasteiger partial charge in [0.25, 0.3) is 0 Å². The van der Waals surface area contributed by atoms with E-state index in [0.717, 1.165) is 47.2 Å². The molecule has 31 heavy (non-hydrogen) atoms. The number of guanidine groups is 1. The number of fused-ring (bicyclic) bond motifs is 1. The molecule has 0 aliphatic carbocycles. The molecule has 1 aliphatic rings. The molecule has 7 nitrogen and oxygen atoms in total. The second kappa shape index (κ2) is 10.8. The lowest BCUT2D eigenvalue weighted by molar-refractivity contribution is 0.140. The maximum Gasteiger partial charge on any atom is 0.191 e. The van der Waals surface area contributed by atoms with E-state index in [9.17, 15) is 0 Å².